The fraction of sp³-hybridized carbons (Fsp3) is 0.208. The average Bonchev–Trinajstić information content (AvgIpc) is 2.74. The minimum Gasteiger partial charge on any atom is -0.476 e. The maximum Gasteiger partial charge on any atom is 0.267 e. The topological polar surface area (TPSA) is 75.7 Å². The monoisotopic (exact) mass is 436 g/mol. The number of aryl methyl sites for hydroxylation is 3. The summed E-state index contributed by atoms with van der Waals surface area (Å²) >= 11 is 0. The number of nitrogens with one attached hydrogen (secondary N) is 1. The number of hydrogen-bond acceptors (Lipinski definition) is 4. The van der Waals surface area contributed by atoms with Crippen LogP contribution in [0.25, 0.3) is 0 Å². The molecule has 0 aliphatic carbocycles. The summed E-state index contributed by atoms with van der Waals surface area (Å²) in [5.41, 5.74) is 4.00. The molecule has 3 aromatic carbocycles. The van der Waals surface area contributed by atoms with Crippen LogP contribution in [0.15, 0.2) is 71.6 Å². The molecule has 160 valence electrons. The second-order valence-corrected chi connectivity index (χ2v) is 9.64. The Balaban J connectivity index is 1.69. The van der Waals surface area contributed by atoms with E-state index in [0.717, 1.165) is 16.7 Å². The Morgan fingerprint density at radius 3 is 2.13 bits per heavy atom. The molecule has 7 heteroatoms. The van der Waals surface area contributed by atoms with E-state index in [1.54, 1.807) is 48.5 Å². The molecular formula is C24H24N2O4S. The van der Waals surface area contributed by atoms with Crippen LogP contribution in [0.2, 0.25) is 0 Å². The van der Waals surface area contributed by atoms with Gasteiger partial charge in [-0.05, 0) is 62.7 Å². The molecule has 0 fully saturated rings. The molecule has 1 heterocycles. The molecule has 1 aliphatic heterocycles. The highest BCUT2D eigenvalue weighted by Gasteiger charge is 2.37. The van der Waals surface area contributed by atoms with E-state index in [2.05, 4.69) is 5.32 Å². The number of benzene rings is 3. The average molecular weight is 437 g/mol. The quantitative estimate of drug-likeness (QED) is 0.665. The largest absolute Gasteiger partial charge is 0.476 e. The molecule has 0 saturated carbocycles. The van der Waals surface area contributed by atoms with E-state index in [1.807, 2.05) is 39.0 Å². The van der Waals surface area contributed by atoms with Crippen molar-refractivity contribution in [2.45, 2.75) is 31.8 Å². The number of ether oxygens (including phenoxy) is 1. The van der Waals surface area contributed by atoms with E-state index in [9.17, 15) is 13.2 Å². The van der Waals surface area contributed by atoms with Crippen molar-refractivity contribution in [3.63, 3.8) is 0 Å². The van der Waals surface area contributed by atoms with Gasteiger partial charge < -0.3 is 10.1 Å². The molecule has 4 rings (SSSR count). The van der Waals surface area contributed by atoms with Gasteiger partial charge in [-0.1, -0.05) is 41.5 Å². The number of nitrogens with zero attached hydrogens (tertiary/aromatic N) is 1. The van der Waals surface area contributed by atoms with Gasteiger partial charge in [0.2, 0.25) is 0 Å². The van der Waals surface area contributed by atoms with E-state index in [-0.39, 0.29) is 11.4 Å². The minimum atomic E-state index is -3.88. The van der Waals surface area contributed by atoms with Gasteiger partial charge in [0.1, 0.15) is 5.75 Å². The van der Waals surface area contributed by atoms with E-state index in [1.165, 1.54) is 4.31 Å². The highest BCUT2D eigenvalue weighted by Crippen LogP contribution is 2.38. The lowest BCUT2D eigenvalue weighted by Crippen LogP contribution is -2.48. The van der Waals surface area contributed by atoms with Crippen LogP contribution in [-0.2, 0) is 14.8 Å². The van der Waals surface area contributed by atoms with Crippen LogP contribution < -0.4 is 14.4 Å². The lowest BCUT2D eigenvalue weighted by molar-refractivity contribution is -0.122. The van der Waals surface area contributed by atoms with Gasteiger partial charge in [0.25, 0.3) is 15.9 Å². The van der Waals surface area contributed by atoms with Gasteiger partial charge >= 0.3 is 0 Å². The van der Waals surface area contributed by atoms with Crippen molar-refractivity contribution in [3.05, 3.63) is 83.4 Å². The van der Waals surface area contributed by atoms with Crippen molar-refractivity contribution in [1.29, 1.82) is 0 Å². The predicted molar refractivity (Wildman–Crippen MR) is 121 cm³/mol. The molecule has 31 heavy (non-hydrogen) atoms. The zero-order valence-electron chi connectivity index (χ0n) is 17.6. The Hall–Kier alpha value is -3.32. The van der Waals surface area contributed by atoms with E-state index in [0.29, 0.717) is 17.1 Å². The molecule has 0 radical (unpaired) electrons. The fourth-order valence-electron chi connectivity index (χ4n) is 3.42. The van der Waals surface area contributed by atoms with Gasteiger partial charge in [-0.2, -0.15) is 0 Å². The number of fused-ring (bicyclic) bond motifs is 1. The van der Waals surface area contributed by atoms with Crippen LogP contribution in [0.1, 0.15) is 16.7 Å². The summed E-state index contributed by atoms with van der Waals surface area (Å²) in [6.45, 7) is 5.62. The number of carbonyl (C=O) groups excluding carboxylic acids is 1. The molecule has 0 unspecified atom stereocenters. The Morgan fingerprint density at radius 1 is 0.903 bits per heavy atom. The molecule has 6 nitrogen and oxygen atoms in total. The molecular weight excluding hydrogens is 412 g/mol. The summed E-state index contributed by atoms with van der Waals surface area (Å²) in [6, 6.07) is 19.3. The lowest BCUT2D eigenvalue weighted by Gasteiger charge is -2.35. The first-order valence-corrected chi connectivity index (χ1v) is 11.4. The molecule has 1 amide bonds. The number of amides is 1. The van der Waals surface area contributed by atoms with Gasteiger partial charge in [-0.15, -0.1) is 0 Å². The standard InChI is InChI=1S/C24H24N2O4S/c1-16-4-9-19(10-5-16)25-24(27)23-15-26(21-14-18(3)8-13-22(21)30-23)31(28,29)20-11-6-17(2)7-12-20/h4-14,23H,15H2,1-3H3,(H,25,27)/t23-/m1/s1. The van der Waals surface area contributed by atoms with Crippen molar-refractivity contribution >= 4 is 27.3 Å². The van der Waals surface area contributed by atoms with Crippen LogP contribution in [0.5, 0.6) is 5.75 Å². The second kappa shape index (κ2) is 8.07. The van der Waals surface area contributed by atoms with Gasteiger partial charge in [0, 0.05) is 5.69 Å². The van der Waals surface area contributed by atoms with Crippen LogP contribution >= 0.6 is 0 Å². The van der Waals surface area contributed by atoms with Crippen molar-refractivity contribution in [2.75, 3.05) is 16.2 Å². The first kappa shape index (κ1) is 20.9. The smallest absolute Gasteiger partial charge is 0.267 e. The maximum absolute atomic E-state index is 13.5. The van der Waals surface area contributed by atoms with Crippen LogP contribution in [-0.4, -0.2) is 27.0 Å². The lowest BCUT2D eigenvalue weighted by atomic mass is 10.1. The fourth-order valence-corrected chi connectivity index (χ4v) is 4.89. The third-order valence-corrected chi connectivity index (χ3v) is 7.00. The number of sulfonamides is 1. The van der Waals surface area contributed by atoms with Gasteiger partial charge in [-0.25, -0.2) is 8.42 Å². The van der Waals surface area contributed by atoms with Crippen molar-refractivity contribution in [2.24, 2.45) is 0 Å². The normalized spacial score (nSPS) is 15.7. The van der Waals surface area contributed by atoms with E-state index >= 15 is 0 Å². The van der Waals surface area contributed by atoms with Crippen LogP contribution in [0.3, 0.4) is 0 Å². The zero-order valence-corrected chi connectivity index (χ0v) is 18.4. The molecule has 3 aromatic rings. The minimum absolute atomic E-state index is 0.121. The first-order chi connectivity index (χ1) is 14.7. The third kappa shape index (κ3) is 4.27. The van der Waals surface area contributed by atoms with E-state index < -0.39 is 22.0 Å². The summed E-state index contributed by atoms with van der Waals surface area (Å²) in [7, 11) is -3.88. The molecule has 1 atom stereocenters. The summed E-state index contributed by atoms with van der Waals surface area (Å²) in [5, 5.41) is 2.81. The predicted octanol–water partition coefficient (Wildman–Crippen LogP) is 4.21. The number of carbonyl (C=O) groups is 1. The second-order valence-electron chi connectivity index (χ2n) is 7.78. The Bertz CT molecular complexity index is 1220. The Morgan fingerprint density at radius 2 is 1.48 bits per heavy atom. The third-order valence-electron chi connectivity index (χ3n) is 5.20. The van der Waals surface area contributed by atoms with Crippen LogP contribution in [0.4, 0.5) is 11.4 Å². The van der Waals surface area contributed by atoms with Crippen molar-refractivity contribution in [3.8, 4) is 5.75 Å². The molecule has 0 saturated heterocycles. The highest BCUT2D eigenvalue weighted by molar-refractivity contribution is 7.92. The molecule has 0 bridgehead atoms. The van der Waals surface area contributed by atoms with Gasteiger partial charge in [-0.3, -0.25) is 9.10 Å². The highest BCUT2D eigenvalue weighted by atomic mass is 32.2. The number of hydrogen-bond donors (Lipinski definition) is 1. The Kier molecular flexibility index (Phi) is 5.45. The van der Waals surface area contributed by atoms with Crippen molar-refractivity contribution < 1.29 is 17.9 Å². The Labute approximate surface area is 182 Å². The summed E-state index contributed by atoms with van der Waals surface area (Å²) < 4.78 is 34.1. The van der Waals surface area contributed by atoms with Crippen LogP contribution in [0, 0.1) is 20.8 Å². The summed E-state index contributed by atoms with van der Waals surface area (Å²) in [5.74, 6) is -0.0456. The molecule has 0 aromatic heterocycles. The number of anilines is 2. The molecule has 1 N–H and O–H groups in total. The maximum atomic E-state index is 13.5. The first-order valence-electron chi connectivity index (χ1n) is 9.98. The molecule has 0 spiro atoms. The SMILES string of the molecule is Cc1ccc(NC(=O)[C@H]2CN(S(=O)(=O)c3ccc(C)cc3)c3cc(C)ccc3O2)cc1. The zero-order chi connectivity index (χ0) is 22.2. The van der Waals surface area contributed by atoms with Crippen molar-refractivity contribution in [1.82, 2.24) is 0 Å². The number of rotatable bonds is 4. The van der Waals surface area contributed by atoms with Gasteiger partial charge in [0.15, 0.2) is 6.10 Å². The summed E-state index contributed by atoms with van der Waals surface area (Å²) in [6.07, 6.45) is -0.989. The summed E-state index contributed by atoms with van der Waals surface area (Å²) in [4.78, 5) is 13.1. The molecule has 1 aliphatic rings. The van der Waals surface area contributed by atoms with E-state index in [4.69, 9.17) is 4.74 Å². The van der Waals surface area contributed by atoms with Gasteiger partial charge in [0.05, 0.1) is 17.1 Å².